The zero-order valence-electron chi connectivity index (χ0n) is 8.91. The van der Waals surface area contributed by atoms with E-state index in [2.05, 4.69) is 10.1 Å². The van der Waals surface area contributed by atoms with Crippen LogP contribution < -0.4 is 0 Å². The average Bonchev–Trinajstić information content (AvgIpc) is 2.64. The first-order valence-corrected chi connectivity index (χ1v) is 4.71. The third-order valence-electron chi connectivity index (χ3n) is 2.32. The summed E-state index contributed by atoms with van der Waals surface area (Å²) in [6, 6.07) is 1.80. The van der Waals surface area contributed by atoms with Gasteiger partial charge in [0.25, 0.3) is 0 Å². The smallest absolute Gasteiger partial charge is 0.258 e. The Balaban J connectivity index is 2.73. The van der Waals surface area contributed by atoms with Crippen LogP contribution in [0.5, 0.6) is 0 Å². The van der Waals surface area contributed by atoms with Crippen LogP contribution in [0.25, 0.3) is 5.69 Å². The molecule has 2 rings (SSSR count). The predicted octanol–water partition coefficient (Wildman–Crippen LogP) is 1.79. The molecule has 0 N–H and O–H groups in total. The van der Waals surface area contributed by atoms with Gasteiger partial charge in [-0.1, -0.05) is 0 Å². The third kappa shape index (κ3) is 1.54. The van der Waals surface area contributed by atoms with Crippen molar-refractivity contribution < 1.29 is 4.92 Å². The van der Waals surface area contributed by atoms with Gasteiger partial charge in [0, 0.05) is 23.7 Å². The molecule has 2 heterocycles. The zero-order chi connectivity index (χ0) is 11.7. The van der Waals surface area contributed by atoms with Gasteiger partial charge in [0.2, 0.25) is 0 Å². The van der Waals surface area contributed by atoms with Crippen molar-refractivity contribution in [2.24, 2.45) is 0 Å². The van der Waals surface area contributed by atoms with Gasteiger partial charge in [-0.15, -0.1) is 0 Å². The van der Waals surface area contributed by atoms with Crippen molar-refractivity contribution in [2.45, 2.75) is 13.8 Å². The van der Waals surface area contributed by atoms with Crippen molar-refractivity contribution in [3.8, 4) is 5.69 Å². The number of nitro groups is 1. The van der Waals surface area contributed by atoms with E-state index in [0.29, 0.717) is 5.69 Å². The van der Waals surface area contributed by atoms with Gasteiger partial charge < -0.3 is 0 Å². The van der Waals surface area contributed by atoms with E-state index in [4.69, 9.17) is 0 Å². The van der Waals surface area contributed by atoms with Crippen LogP contribution in [-0.2, 0) is 0 Å². The van der Waals surface area contributed by atoms with Crippen LogP contribution in [0.3, 0.4) is 0 Å². The molecule has 0 saturated heterocycles. The fourth-order valence-corrected chi connectivity index (χ4v) is 1.56. The Labute approximate surface area is 91.7 Å². The van der Waals surface area contributed by atoms with Crippen LogP contribution in [0.15, 0.2) is 24.7 Å². The fraction of sp³-hybridized carbons (Fsp3) is 0.200. The second-order valence-corrected chi connectivity index (χ2v) is 3.47. The van der Waals surface area contributed by atoms with Gasteiger partial charge in [-0.25, -0.2) is 4.68 Å². The molecule has 0 spiro atoms. The Morgan fingerprint density at radius 1 is 1.38 bits per heavy atom. The Kier molecular flexibility index (Phi) is 2.40. The van der Waals surface area contributed by atoms with E-state index < -0.39 is 4.92 Å². The van der Waals surface area contributed by atoms with Crippen LogP contribution in [0, 0.1) is 24.0 Å². The van der Waals surface area contributed by atoms with Crippen LogP contribution in [0.2, 0.25) is 0 Å². The average molecular weight is 218 g/mol. The van der Waals surface area contributed by atoms with Gasteiger partial charge in [-0.2, -0.15) is 5.10 Å². The summed E-state index contributed by atoms with van der Waals surface area (Å²) in [6.07, 6.45) is 4.44. The predicted molar refractivity (Wildman–Crippen MR) is 57.5 cm³/mol. The van der Waals surface area contributed by atoms with Crippen molar-refractivity contribution in [3.63, 3.8) is 0 Å². The standard InChI is InChI=1S/C10H10N4O2/c1-7-5-11-6-9(14(15)16)10(7)13-8(2)3-4-12-13/h3-6H,1-2H3. The lowest BCUT2D eigenvalue weighted by molar-refractivity contribution is -0.385. The Bertz CT molecular complexity index is 548. The van der Waals surface area contributed by atoms with Gasteiger partial charge in [-0.05, 0) is 19.9 Å². The van der Waals surface area contributed by atoms with E-state index in [1.165, 1.54) is 6.20 Å². The lowest BCUT2D eigenvalue weighted by Gasteiger charge is -2.07. The summed E-state index contributed by atoms with van der Waals surface area (Å²) in [7, 11) is 0. The van der Waals surface area contributed by atoms with Crippen LogP contribution in [0.1, 0.15) is 11.3 Å². The molecule has 0 aromatic carbocycles. The molecule has 0 atom stereocenters. The lowest BCUT2D eigenvalue weighted by Crippen LogP contribution is -2.06. The van der Waals surface area contributed by atoms with Crippen LogP contribution in [0.4, 0.5) is 5.69 Å². The molecule has 82 valence electrons. The SMILES string of the molecule is Cc1cncc([N+](=O)[O-])c1-n1nccc1C. The first-order chi connectivity index (χ1) is 7.61. The zero-order valence-corrected chi connectivity index (χ0v) is 8.91. The molecule has 0 saturated carbocycles. The third-order valence-corrected chi connectivity index (χ3v) is 2.32. The Morgan fingerprint density at radius 2 is 2.12 bits per heavy atom. The minimum Gasteiger partial charge on any atom is -0.258 e. The first-order valence-electron chi connectivity index (χ1n) is 4.71. The van der Waals surface area contributed by atoms with Crippen LogP contribution in [-0.4, -0.2) is 19.7 Å². The van der Waals surface area contributed by atoms with Gasteiger partial charge >= 0.3 is 5.69 Å². The molecule has 2 aromatic heterocycles. The molecule has 0 bridgehead atoms. The molecule has 0 aliphatic rings. The minimum absolute atomic E-state index is 0.0354. The molecule has 16 heavy (non-hydrogen) atoms. The number of nitrogens with zero attached hydrogens (tertiary/aromatic N) is 4. The van der Waals surface area contributed by atoms with E-state index in [1.807, 2.05) is 6.92 Å². The van der Waals surface area contributed by atoms with Crippen molar-refractivity contribution in [1.29, 1.82) is 0 Å². The molecule has 2 aromatic rings. The summed E-state index contributed by atoms with van der Waals surface area (Å²) in [5.74, 6) is 0. The molecule has 0 fully saturated rings. The Hall–Kier alpha value is -2.24. The van der Waals surface area contributed by atoms with E-state index in [1.54, 1.807) is 30.1 Å². The minimum atomic E-state index is -0.448. The van der Waals surface area contributed by atoms with E-state index in [9.17, 15) is 10.1 Å². The monoisotopic (exact) mass is 218 g/mol. The second kappa shape index (κ2) is 3.73. The summed E-state index contributed by atoms with van der Waals surface area (Å²) < 4.78 is 1.55. The van der Waals surface area contributed by atoms with Gasteiger partial charge in [-0.3, -0.25) is 15.1 Å². The molecule has 0 amide bonds. The van der Waals surface area contributed by atoms with E-state index in [0.717, 1.165) is 11.3 Å². The maximum Gasteiger partial charge on any atom is 0.313 e. The maximum absolute atomic E-state index is 10.9. The quantitative estimate of drug-likeness (QED) is 0.569. The highest BCUT2D eigenvalue weighted by Crippen LogP contribution is 2.25. The molecular weight excluding hydrogens is 208 g/mol. The number of aromatic nitrogens is 3. The topological polar surface area (TPSA) is 73.8 Å². The van der Waals surface area contributed by atoms with E-state index in [-0.39, 0.29) is 5.69 Å². The molecule has 0 aliphatic carbocycles. The molecular formula is C10H10N4O2. The summed E-state index contributed by atoms with van der Waals surface area (Å²) in [5, 5.41) is 15.0. The molecule has 6 heteroatoms. The van der Waals surface area contributed by atoms with Crippen LogP contribution >= 0.6 is 0 Å². The highest BCUT2D eigenvalue weighted by atomic mass is 16.6. The number of aryl methyl sites for hydroxylation is 2. The van der Waals surface area contributed by atoms with Crippen molar-refractivity contribution in [3.05, 3.63) is 46.0 Å². The Morgan fingerprint density at radius 3 is 2.69 bits per heavy atom. The molecule has 6 nitrogen and oxygen atoms in total. The fourth-order valence-electron chi connectivity index (χ4n) is 1.56. The van der Waals surface area contributed by atoms with E-state index >= 15 is 0 Å². The summed E-state index contributed by atoms with van der Waals surface area (Å²) in [4.78, 5) is 14.3. The summed E-state index contributed by atoms with van der Waals surface area (Å²) >= 11 is 0. The molecule has 0 radical (unpaired) electrons. The van der Waals surface area contributed by atoms with Gasteiger partial charge in [0.1, 0.15) is 11.9 Å². The molecule has 0 aliphatic heterocycles. The highest BCUT2D eigenvalue weighted by molar-refractivity contribution is 5.55. The van der Waals surface area contributed by atoms with Crippen molar-refractivity contribution in [1.82, 2.24) is 14.8 Å². The first kappa shape index (κ1) is 10.3. The number of hydrogen-bond acceptors (Lipinski definition) is 4. The maximum atomic E-state index is 10.9. The number of hydrogen-bond donors (Lipinski definition) is 0. The lowest BCUT2D eigenvalue weighted by atomic mass is 10.2. The normalized spacial score (nSPS) is 10.4. The number of pyridine rings is 1. The number of rotatable bonds is 2. The highest BCUT2D eigenvalue weighted by Gasteiger charge is 2.19. The summed E-state index contributed by atoms with van der Waals surface area (Å²) in [6.45, 7) is 3.62. The largest absolute Gasteiger partial charge is 0.313 e. The molecule has 0 unspecified atom stereocenters. The van der Waals surface area contributed by atoms with Crippen molar-refractivity contribution in [2.75, 3.05) is 0 Å². The summed E-state index contributed by atoms with van der Waals surface area (Å²) in [5.41, 5.74) is 2.01. The van der Waals surface area contributed by atoms with Gasteiger partial charge in [0.15, 0.2) is 0 Å². The van der Waals surface area contributed by atoms with Crippen molar-refractivity contribution >= 4 is 5.69 Å². The van der Waals surface area contributed by atoms with Gasteiger partial charge in [0.05, 0.1) is 4.92 Å². The second-order valence-electron chi connectivity index (χ2n) is 3.47.